The molecule has 3 rings (SSSR count). The van der Waals surface area contributed by atoms with Crippen LogP contribution in [0.4, 0.5) is 5.69 Å². The van der Waals surface area contributed by atoms with Crippen molar-refractivity contribution in [3.05, 3.63) is 59.2 Å². The van der Waals surface area contributed by atoms with Crippen molar-refractivity contribution in [1.29, 1.82) is 0 Å². The molecule has 1 atom stereocenters. The zero-order valence-electron chi connectivity index (χ0n) is 13.5. The molecule has 0 spiro atoms. The highest BCUT2D eigenvalue weighted by Crippen LogP contribution is 2.30. The molecular formula is C17H18ClN3O3. The third-order valence-corrected chi connectivity index (χ3v) is 3.72. The van der Waals surface area contributed by atoms with Crippen molar-refractivity contribution in [1.82, 2.24) is 10.2 Å². The van der Waals surface area contributed by atoms with Gasteiger partial charge < -0.3 is 18.9 Å². The number of rotatable bonds is 7. The number of nitrogens with one attached hydrogen (secondary N) is 1. The molecule has 0 fully saturated rings. The van der Waals surface area contributed by atoms with Crippen LogP contribution < -0.4 is 10.1 Å². The van der Waals surface area contributed by atoms with E-state index < -0.39 is 0 Å². The minimum atomic E-state index is -0.122. The number of nitrogens with zero attached hydrogens (tertiary/aromatic N) is 2. The van der Waals surface area contributed by atoms with E-state index in [0.29, 0.717) is 35.6 Å². The minimum absolute atomic E-state index is 0.122. The number of aryl methyl sites for hydroxylation is 1. The lowest BCUT2D eigenvalue weighted by molar-refractivity contribution is 0.270. The Morgan fingerprint density at radius 2 is 2.17 bits per heavy atom. The largest absolute Gasteiger partial charge is 0.484 e. The molecule has 0 saturated carbocycles. The Kier molecular flexibility index (Phi) is 5.05. The summed E-state index contributed by atoms with van der Waals surface area (Å²) in [5, 5.41) is 11.8. The van der Waals surface area contributed by atoms with Crippen LogP contribution in [0.2, 0.25) is 5.02 Å². The summed E-state index contributed by atoms with van der Waals surface area (Å²) in [5.74, 6) is 2.50. The summed E-state index contributed by atoms with van der Waals surface area (Å²) < 4.78 is 16.4. The maximum absolute atomic E-state index is 6.28. The van der Waals surface area contributed by atoms with Gasteiger partial charge in [0.2, 0.25) is 11.8 Å². The molecule has 24 heavy (non-hydrogen) atoms. The summed E-state index contributed by atoms with van der Waals surface area (Å²) in [6.45, 7) is 4.25. The molecule has 0 aliphatic rings. The molecule has 2 heterocycles. The predicted octanol–water partition coefficient (Wildman–Crippen LogP) is 4.63. The van der Waals surface area contributed by atoms with Crippen molar-refractivity contribution in [2.75, 3.05) is 5.32 Å². The minimum Gasteiger partial charge on any atom is -0.484 e. The average Bonchev–Trinajstić information content (AvgIpc) is 3.25. The van der Waals surface area contributed by atoms with E-state index in [2.05, 4.69) is 15.5 Å². The van der Waals surface area contributed by atoms with Crippen LogP contribution in [-0.4, -0.2) is 10.2 Å². The molecule has 0 aliphatic carbocycles. The maximum Gasteiger partial charge on any atom is 0.238 e. The molecule has 126 valence electrons. The summed E-state index contributed by atoms with van der Waals surface area (Å²) in [6.07, 6.45) is 2.32. The summed E-state index contributed by atoms with van der Waals surface area (Å²) in [4.78, 5) is 0. The van der Waals surface area contributed by atoms with Gasteiger partial charge >= 0.3 is 0 Å². The van der Waals surface area contributed by atoms with E-state index in [1.165, 1.54) is 0 Å². The third kappa shape index (κ3) is 3.89. The highest BCUT2D eigenvalue weighted by molar-refractivity contribution is 6.32. The summed E-state index contributed by atoms with van der Waals surface area (Å²) in [6, 6.07) is 9.04. The van der Waals surface area contributed by atoms with Crippen molar-refractivity contribution >= 4 is 17.3 Å². The van der Waals surface area contributed by atoms with Crippen LogP contribution in [0.1, 0.15) is 37.4 Å². The lowest BCUT2D eigenvalue weighted by atomic mass is 10.2. The summed E-state index contributed by atoms with van der Waals surface area (Å²) >= 11 is 6.28. The van der Waals surface area contributed by atoms with Crippen LogP contribution in [0.25, 0.3) is 0 Å². The molecule has 6 nitrogen and oxygen atoms in total. The van der Waals surface area contributed by atoms with E-state index in [9.17, 15) is 0 Å². The Morgan fingerprint density at radius 1 is 1.29 bits per heavy atom. The molecule has 0 bridgehead atoms. The fourth-order valence-corrected chi connectivity index (χ4v) is 2.38. The van der Waals surface area contributed by atoms with Crippen LogP contribution in [0.15, 0.2) is 45.4 Å². The fraction of sp³-hybridized carbons (Fsp3) is 0.294. The van der Waals surface area contributed by atoms with Gasteiger partial charge in [-0.05, 0) is 37.3 Å². The molecule has 0 aliphatic heterocycles. The topological polar surface area (TPSA) is 73.3 Å². The van der Waals surface area contributed by atoms with Crippen LogP contribution in [-0.2, 0) is 13.0 Å². The molecule has 1 aromatic carbocycles. The van der Waals surface area contributed by atoms with Crippen LogP contribution in [0.5, 0.6) is 5.75 Å². The number of furan rings is 1. The van der Waals surface area contributed by atoms with Gasteiger partial charge in [0.25, 0.3) is 0 Å². The molecule has 0 amide bonds. The molecule has 2 aromatic heterocycles. The second-order valence-corrected chi connectivity index (χ2v) is 5.67. The maximum atomic E-state index is 6.28. The van der Waals surface area contributed by atoms with Gasteiger partial charge in [-0.25, -0.2) is 0 Å². The van der Waals surface area contributed by atoms with Crippen molar-refractivity contribution in [2.24, 2.45) is 0 Å². The number of ether oxygens (including phenoxy) is 1. The monoisotopic (exact) mass is 347 g/mol. The van der Waals surface area contributed by atoms with Gasteiger partial charge in [0.15, 0.2) is 0 Å². The SMILES string of the molecule is CCc1nnc(C(C)Nc2ccc(OCc3ccco3)c(Cl)c2)o1. The molecule has 1 unspecified atom stereocenters. The molecule has 7 heteroatoms. The first-order valence-corrected chi connectivity index (χ1v) is 8.07. The van der Waals surface area contributed by atoms with E-state index in [-0.39, 0.29) is 6.04 Å². The summed E-state index contributed by atoms with van der Waals surface area (Å²) in [5.41, 5.74) is 0.842. The number of hydrogen-bond donors (Lipinski definition) is 1. The quantitative estimate of drug-likeness (QED) is 0.671. The molecule has 1 N–H and O–H groups in total. The van der Waals surface area contributed by atoms with E-state index in [0.717, 1.165) is 11.4 Å². The van der Waals surface area contributed by atoms with Crippen molar-refractivity contribution in [3.63, 3.8) is 0 Å². The van der Waals surface area contributed by atoms with E-state index in [1.54, 1.807) is 12.3 Å². The Balaban J connectivity index is 1.63. The van der Waals surface area contributed by atoms with E-state index in [4.69, 9.17) is 25.2 Å². The number of halogens is 1. The second-order valence-electron chi connectivity index (χ2n) is 5.27. The average molecular weight is 348 g/mol. The van der Waals surface area contributed by atoms with Gasteiger partial charge in [0, 0.05) is 12.1 Å². The van der Waals surface area contributed by atoms with Gasteiger partial charge in [0.1, 0.15) is 24.2 Å². The number of benzene rings is 1. The lowest BCUT2D eigenvalue weighted by Crippen LogP contribution is -2.07. The Bertz CT molecular complexity index is 786. The summed E-state index contributed by atoms with van der Waals surface area (Å²) in [7, 11) is 0. The smallest absolute Gasteiger partial charge is 0.238 e. The first-order valence-electron chi connectivity index (χ1n) is 7.69. The van der Waals surface area contributed by atoms with Crippen molar-refractivity contribution in [3.8, 4) is 5.75 Å². The molecule has 0 radical (unpaired) electrons. The van der Waals surface area contributed by atoms with Crippen LogP contribution in [0.3, 0.4) is 0 Å². The zero-order valence-corrected chi connectivity index (χ0v) is 14.2. The lowest BCUT2D eigenvalue weighted by Gasteiger charge is -2.13. The normalized spacial score (nSPS) is 12.1. The van der Waals surface area contributed by atoms with Crippen molar-refractivity contribution in [2.45, 2.75) is 32.9 Å². The first kappa shape index (κ1) is 16.4. The van der Waals surface area contributed by atoms with Crippen molar-refractivity contribution < 1.29 is 13.6 Å². The predicted molar refractivity (Wildman–Crippen MR) is 90.2 cm³/mol. The standard InChI is InChI=1S/C17H18ClN3O3/c1-3-16-20-21-17(24-16)11(2)19-12-6-7-15(14(18)9-12)23-10-13-5-4-8-22-13/h4-9,11,19H,3,10H2,1-2H3. The Morgan fingerprint density at radius 3 is 2.83 bits per heavy atom. The van der Waals surface area contributed by atoms with Gasteiger partial charge in [-0.3, -0.25) is 0 Å². The second kappa shape index (κ2) is 7.40. The van der Waals surface area contributed by atoms with Crippen LogP contribution >= 0.6 is 11.6 Å². The molecule has 3 aromatic rings. The molecular weight excluding hydrogens is 330 g/mol. The number of hydrogen-bond acceptors (Lipinski definition) is 6. The van der Waals surface area contributed by atoms with Gasteiger partial charge in [0.05, 0.1) is 11.3 Å². The van der Waals surface area contributed by atoms with Gasteiger partial charge in [-0.1, -0.05) is 18.5 Å². The van der Waals surface area contributed by atoms with E-state index >= 15 is 0 Å². The van der Waals surface area contributed by atoms with Gasteiger partial charge in [-0.2, -0.15) is 0 Å². The number of aromatic nitrogens is 2. The zero-order chi connectivity index (χ0) is 16.9. The first-order chi connectivity index (χ1) is 11.7. The van der Waals surface area contributed by atoms with Crippen LogP contribution in [0, 0.1) is 0 Å². The molecule has 0 saturated heterocycles. The third-order valence-electron chi connectivity index (χ3n) is 3.42. The number of anilines is 1. The highest BCUT2D eigenvalue weighted by atomic mass is 35.5. The van der Waals surface area contributed by atoms with E-state index in [1.807, 2.05) is 38.1 Å². The Hall–Kier alpha value is -2.47. The van der Waals surface area contributed by atoms with Gasteiger partial charge in [-0.15, -0.1) is 10.2 Å². The fourth-order valence-electron chi connectivity index (χ4n) is 2.15. The highest BCUT2D eigenvalue weighted by Gasteiger charge is 2.14. The Labute approximate surface area is 144 Å².